The number of rotatable bonds is 18. The summed E-state index contributed by atoms with van der Waals surface area (Å²) in [7, 11) is -3.46. The van der Waals surface area contributed by atoms with Crippen molar-refractivity contribution in [3.05, 3.63) is 56.6 Å². The molecule has 12 nitrogen and oxygen atoms in total. The van der Waals surface area contributed by atoms with E-state index < -0.39 is 9.84 Å². The average Bonchev–Trinajstić information content (AvgIpc) is 4.05. The number of aromatic amines is 2. The van der Waals surface area contributed by atoms with E-state index in [9.17, 15) is 8.42 Å². The maximum Gasteiger partial charge on any atom is 0.247 e. The first-order valence-corrected chi connectivity index (χ1v) is 24.0. The van der Waals surface area contributed by atoms with Crippen LogP contribution in [0.2, 0.25) is 0 Å². The summed E-state index contributed by atoms with van der Waals surface area (Å²) in [5, 5.41) is 22.1. The summed E-state index contributed by atoms with van der Waals surface area (Å²) in [4.78, 5) is 13.7. The first-order valence-electron chi connectivity index (χ1n) is 21.3. The van der Waals surface area contributed by atoms with Crippen LogP contribution in [0.3, 0.4) is 0 Å². The van der Waals surface area contributed by atoms with Crippen LogP contribution in [0.15, 0.2) is 22.4 Å². The van der Waals surface area contributed by atoms with Gasteiger partial charge < -0.3 is 20.4 Å². The van der Waals surface area contributed by atoms with Crippen LogP contribution in [0, 0.1) is 0 Å². The molecule has 0 fully saturated rings. The predicted octanol–water partition coefficient (Wildman–Crippen LogP) is 8.02. The van der Waals surface area contributed by atoms with Gasteiger partial charge in [0, 0.05) is 17.1 Å². The van der Waals surface area contributed by atoms with Gasteiger partial charge in [0.05, 0.1) is 5.75 Å². The molecule has 0 saturated carbocycles. The molecule has 0 spiro atoms. The van der Waals surface area contributed by atoms with Crippen molar-refractivity contribution in [2.24, 2.45) is 0 Å². The van der Waals surface area contributed by atoms with Crippen LogP contribution in [-0.2, 0) is 61.2 Å². The smallest absolute Gasteiger partial charge is 0.247 e. The Bertz CT molecular complexity index is 1990. The Balaban J connectivity index is 0.000000190. The Morgan fingerprint density at radius 1 is 0.649 bits per heavy atom. The predicted molar refractivity (Wildman–Crippen MR) is 235 cm³/mol. The molecule has 57 heavy (non-hydrogen) atoms. The van der Waals surface area contributed by atoms with Gasteiger partial charge in [-0.15, -0.1) is 10.2 Å². The third kappa shape index (κ3) is 10.2. The Kier molecular flexibility index (Phi) is 15.1. The third-order valence-electron chi connectivity index (χ3n) is 12.2. The zero-order chi connectivity index (χ0) is 39.1. The largest absolute Gasteiger partial charge is 0.324 e. The van der Waals surface area contributed by atoms with E-state index in [0.717, 1.165) is 87.5 Å². The molecule has 2 heterocycles. The summed E-state index contributed by atoms with van der Waals surface area (Å²) < 4.78 is 25.3. The zero-order valence-electron chi connectivity index (χ0n) is 34.0. The number of benzene rings is 2. The Morgan fingerprint density at radius 2 is 1.14 bits per heavy atom. The lowest BCUT2D eigenvalue weighted by Crippen LogP contribution is -2.25. The Morgan fingerprint density at radius 3 is 1.65 bits per heavy atom. The molecule has 0 bridgehead atoms. The molecule has 2 aromatic carbocycles. The molecule has 2 aromatic heterocycles. The molecule has 0 unspecified atom stereocenters. The van der Waals surface area contributed by atoms with Gasteiger partial charge in [0.15, 0.2) is 0 Å². The van der Waals surface area contributed by atoms with Crippen LogP contribution in [-0.4, -0.2) is 99.4 Å². The van der Waals surface area contributed by atoms with E-state index >= 15 is 0 Å². The molecule has 0 radical (unpaired) electrons. The highest BCUT2D eigenvalue weighted by atomic mass is 32.2. The molecule has 8 rings (SSSR count). The minimum atomic E-state index is -3.46. The van der Waals surface area contributed by atoms with Crippen molar-refractivity contribution in [3.63, 3.8) is 0 Å². The van der Waals surface area contributed by atoms with Crippen LogP contribution in [0.1, 0.15) is 118 Å². The number of fused-ring (bicyclic) bond motifs is 4. The zero-order valence-corrected chi connectivity index (χ0v) is 35.7. The number of anilines is 4. The van der Waals surface area contributed by atoms with Crippen LogP contribution in [0.25, 0.3) is 0 Å². The maximum atomic E-state index is 12.7. The highest BCUT2D eigenvalue weighted by Crippen LogP contribution is 2.41. The SMILES string of the molecule is C.CCN(CC)CCCS(=O)(=O)c1nc(Nc2c3c(cc4c2CCC4)CCC3)n[nH]1.CCN(CC)CCCSc1n[nH]c(Nc2c3c(cc4c2CCC4)CCC3)n1. The van der Waals surface area contributed by atoms with Gasteiger partial charge in [0.2, 0.25) is 32.0 Å². The standard InChI is InChI=1S/C21H31N5O2S.C21H31N5S.CH4/c1-3-26(4-2)12-7-13-29(27,28)21-23-20(24-25-21)22-19-17-10-5-8-15(17)14-16-9-6-11-18(16)19;1-3-26(4-2)12-7-13-27-21-23-20(24-25-21)22-19-17-10-5-8-15(17)14-16-9-6-11-18(16)19;/h14H,3-13H2,1-2H3,(H2,22,23,24,25);14H,3-13H2,1-2H3,(H2,22,23,24,25);1H4. The fourth-order valence-electron chi connectivity index (χ4n) is 9.08. The van der Waals surface area contributed by atoms with Gasteiger partial charge in [-0.1, -0.05) is 59.0 Å². The van der Waals surface area contributed by atoms with Crippen molar-refractivity contribution in [2.75, 3.05) is 61.4 Å². The van der Waals surface area contributed by atoms with Gasteiger partial charge >= 0.3 is 0 Å². The number of aryl methyl sites for hydroxylation is 4. The molecule has 4 aliphatic rings. The van der Waals surface area contributed by atoms with Gasteiger partial charge in [-0.3, -0.25) is 0 Å². The summed E-state index contributed by atoms with van der Waals surface area (Å²) in [6.07, 6.45) is 15.8. The van der Waals surface area contributed by atoms with Crippen LogP contribution < -0.4 is 10.6 Å². The lowest BCUT2D eigenvalue weighted by molar-refractivity contribution is 0.305. The number of sulfone groups is 1. The minimum absolute atomic E-state index is 0. The maximum absolute atomic E-state index is 12.7. The molecule has 312 valence electrons. The van der Waals surface area contributed by atoms with E-state index in [1.807, 2.05) is 0 Å². The first kappa shape index (κ1) is 43.1. The molecule has 0 aliphatic heterocycles. The average molecular weight is 819 g/mol. The number of thioether (sulfide) groups is 1. The van der Waals surface area contributed by atoms with Gasteiger partial charge in [0.25, 0.3) is 0 Å². The summed E-state index contributed by atoms with van der Waals surface area (Å²) >= 11 is 1.75. The fraction of sp³-hybridized carbons (Fsp3) is 0.628. The normalized spacial score (nSPS) is 15.3. The molecule has 0 saturated heterocycles. The van der Waals surface area contributed by atoms with Crippen molar-refractivity contribution >= 4 is 44.9 Å². The second-order valence-corrected chi connectivity index (χ2v) is 18.7. The highest BCUT2D eigenvalue weighted by Gasteiger charge is 2.27. The molecule has 0 atom stereocenters. The number of hydrogen-bond acceptors (Lipinski definition) is 11. The quantitative estimate of drug-likeness (QED) is 0.0572. The van der Waals surface area contributed by atoms with E-state index in [1.54, 1.807) is 22.9 Å². The number of H-pyrrole nitrogens is 2. The van der Waals surface area contributed by atoms with Gasteiger partial charge in [0.1, 0.15) is 0 Å². The molecular weight excluding hydrogens is 753 g/mol. The molecule has 0 amide bonds. The summed E-state index contributed by atoms with van der Waals surface area (Å²) in [5.41, 5.74) is 14.1. The number of nitrogens with zero attached hydrogens (tertiary/aromatic N) is 6. The van der Waals surface area contributed by atoms with Crippen LogP contribution >= 0.6 is 11.8 Å². The lowest BCUT2D eigenvalue weighted by Gasteiger charge is -2.17. The fourth-order valence-corrected chi connectivity index (χ4v) is 10.9. The van der Waals surface area contributed by atoms with Crippen molar-refractivity contribution in [1.29, 1.82) is 0 Å². The van der Waals surface area contributed by atoms with Gasteiger partial charge in [-0.25, -0.2) is 18.6 Å². The Hall–Kier alpha value is -3.46. The van der Waals surface area contributed by atoms with E-state index in [-0.39, 0.29) is 18.3 Å². The molecule has 4 N–H and O–H groups in total. The monoisotopic (exact) mass is 818 g/mol. The second-order valence-electron chi connectivity index (χ2n) is 15.6. The summed E-state index contributed by atoms with van der Waals surface area (Å²) in [6, 6.07) is 4.84. The topological polar surface area (TPSA) is 148 Å². The Labute approximate surface area is 345 Å². The molecular formula is C43H66N10O2S2. The molecule has 4 aliphatic carbocycles. The molecule has 4 aromatic rings. The van der Waals surface area contributed by atoms with Crippen molar-refractivity contribution in [1.82, 2.24) is 40.2 Å². The van der Waals surface area contributed by atoms with E-state index in [1.165, 1.54) is 96.9 Å². The van der Waals surface area contributed by atoms with Crippen LogP contribution in [0.4, 0.5) is 23.3 Å². The van der Waals surface area contributed by atoms with Crippen LogP contribution in [0.5, 0.6) is 0 Å². The van der Waals surface area contributed by atoms with E-state index in [0.29, 0.717) is 12.4 Å². The number of nitrogens with one attached hydrogen (secondary N) is 4. The first-order chi connectivity index (χ1) is 27.3. The van der Waals surface area contributed by atoms with Crippen molar-refractivity contribution < 1.29 is 8.42 Å². The van der Waals surface area contributed by atoms with E-state index in [2.05, 4.69) is 90.6 Å². The molecule has 14 heteroatoms. The highest BCUT2D eigenvalue weighted by molar-refractivity contribution is 7.99. The van der Waals surface area contributed by atoms with Gasteiger partial charge in [-0.2, -0.15) is 9.97 Å². The summed E-state index contributed by atoms with van der Waals surface area (Å²) in [6.45, 7) is 14.7. The minimum Gasteiger partial charge on any atom is -0.324 e. The lowest BCUT2D eigenvalue weighted by atomic mass is 9.99. The van der Waals surface area contributed by atoms with E-state index in [4.69, 9.17) is 0 Å². The number of hydrogen-bond donors (Lipinski definition) is 4. The van der Waals surface area contributed by atoms with Gasteiger partial charge in [-0.05, 0) is 174 Å². The van der Waals surface area contributed by atoms with Crippen molar-refractivity contribution in [3.8, 4) is 0 Å². The summed E-state index contributed by atoms with van der Waals surface area (Å²) in [5.74, 6) is 2.27. The third-order valence-corrected chi connectivity index (χ3v) is 14.7. The number of aromatic nitrogens is 6. The van der Waals surface area contributed by atoms with Crippen molar-refractivity contribution in [2.45, 2.75) is 135 Å². The second kappa shape index (κ2) is 20.0.